The summed E-state index contributed by atoms with van der Waals surface area (Å²) in [6, 6.07) is 7.83. The third kappa shape index (κ3) is 1.69. The number of hydrogen-bond donors (Lipinski definition) is 2. The number of benzene rings is 2. The summed E-state index contributed by atoms with van der Waals surface area (Å²) >= 11 is 0. The SMILES string of the molecule is CS(=O)(=O)c1c(N)ccc2ccc(O)cc12. The zero-order valence-electron chi connectivity index (χ0n) is 8.64. The summed E-state index contributed by atoms with van der Waals surface area (Å²) in [6.45, 7) is 0. The van der Waals surface area contributed by atoms with Crippen molar-refractivity contribution in [2.75, 3.05) is 12.0 Å². The summed E-state index contributed by atoms with van der Waals surface area (Å²) in [5.41, 5.74) is 5.86. The van der Waals surface area contributed by atoms with Crippen molar-refractivity contribution >= 4 is 26.3 Å². The van der Waals surface area contributed by atoms with Gasteiger partial charge in [-0.05, 0) is 23.6 Å². The van der Waals surface area contributed by atoms with Crippen LogP contribution in [0.1, 0.15) is 0 Å². The van der Waals surface area contributed by atoms with Gasteiger partial charge in [-0.15, -0.1) is 0 Å². The Morgan fingerprint density at radius 1 is 1.19 bits per heavy atom. The molecule has 0 unspecified atom stereocenters. The van der Waals surface area contributed by atoms with Gasteiger partial charge in [-0.3, -0.25) is 0 Å². The first kappa shape index (κ1) is 10.8. The van der Waals surface area contributed by atoms with Gasteiger partial charge in [-0.25, -0.2) is 8.42 Å². The minimum Gasteiger partial charge on any atom is -0.508 e. The molecule has 2 aromatic rings. The van der Waals surface area contributed by atoms with Crippen LogP contribution in [0, 0.1) is 0 Å². The van der Waals surface area contributed by atoms with Gasteiger partial charge in [0.25, 0.3) is 0 Å². The summed E-state index contributed by atoms with van der Waals surface area (Å²) < 4.78 is 23.2. The molecule has 0 fully saturated rings. The summed E-state index contributed by atoms with van der Waals surface area (Å²) in [6.07, 6.45) is 1.10. The Hall–Kier alpha value is -1.75. The van der Waals surface area contributed by atoms with Crippen molar-refractivity contribution < 1.29 is 13.5 Å². The number of rotatable bonds is 1. The van der Waals surface area contributed by atoms with Crippen molar-refractivity contribution in [2.24, 2.45) is 0 Å². The number of nitrogen functional groups attached to an aromatic ring is 1. The second-order valence-electron chi connectivity index (χ2n) is 3.66. The molecular formula is C11H11NO3S. The molecular weight excluding hydrogens is 226 g/mol. The molecule has 0 aliphatic rings. The van der Waals surface area contributed by atoms with Gasteiger partial charge in [-0.2, -0.15) is 0 Å². The predicted octanol–water partition coefficient (Wildman–Crippen LogP) is 1.53. The molecule has 0 aromatic heterocycles. The number of phenols is 1. The largest absolute Gasteiger partial charge is 0.508 e. The molecule has 0 spiro atoms. The lowest BCUT2D eigenvalue weighted by atomic mass is 10.1. The molecule has 2 rings (SSSR count). The zero-order valence-corrected chi connectivity index (χ0v) is 9.45. The van der Waals surface area contributed by atoms with Crippen LogP contribution in [0.15, 0.2) is 35.2 Å². The number of fused-ring (bicyclic) bond motifs is 1. The first-order chi connectivity index (χ1) is 7.39. The molecule has 2 aromatic carbocycles. The van der Waals surface area contributed by atoms with Crippen molar-refractivity contribution in [1.82, 2.24) is 0 Å². The third-order valence-corrected chi connectivity index (χ3v) is 3.55. The third-order valence-electron chi connectivity index (χ3n) is 2.36. The Bertz CT molecular complexity index is 657. The molecule has 0 atom stereocenters. The second-order valence-corrected chi connectivity index (χ2v) is 5.61. The first-order valence-corrected chi connectivity index (χ1v) is 6.50. The Morgan fingerprint density at radius 2 is 1.81 bits per heavy atom. The molecule has 16 heavy (non-hydrogen) atoms. The van der Waals surface area contributed by atoms with Gasteiger partial charge in [0, 0.05) is 11.6 Å². The van der Waals surface area contributed by atoms with E-state index in [0.717, 1.165) is 11.6 Å². The summed E-state index contributed by atoms with van der Waals surface area (Å²) in [7, 11) is -3.41. The Labute approximate surface area is 93.2 Å². The molecule has 0 aliphatic heterocycles. The van der Waals surface area contributed by atoms with Crippen LogP contribution in [0.4, 0.5) is 5.69 Å². The fourth-order valence-corrected chi connectivity index (χ4v) is 2.78. The van der Waals surface area contributed by atoms with E-state index in [1.165, 1.54) is 12.1 Å². The van der Waals surface area contributed by atoms with E-state index in [1.807, 2.05) is 0 Å². The van der Waals surface area contributed by atoms with E-state index in [9.17, 15) is 13.5 Å². The minimum atomic E-state index is -3.41. The molecule has 0 heterocycles. The average Bonchev–Trinajstić information content (AvgIpc) is 2.14. The Kier molecular flexibility index (Phi) is 2.27. The highest BCUT2D eigenvalue weighted by Gasteiger charge is 2.15. The Morgan fingerprint density at radius 3 is 2.44 bits per heavy atom. The van der Waals surface area contributed by atoms with Crippen molar-refractivity contribution in [3.8, 4) is 5.75 Å². The van der Waals surface area contributed by atoms with E-state index >= 15 is 0 Å². The lowest BCUT2D eigenvalue weighted by Crippen LogP contribution is -2.03. The highest BCUT2D eigenvalue weighted by molar-refractivity contribution is 7.91. The number of anilines is 1. The van der Waals surface area contributed by atoms with Crippen LogP contribution >= 0.6 is 0 Å². The predicted molar refractivity (Wildman–Crippen MR) is 63.1 cm³/mol. The Balaban J connectivity index is 3.00. The van der Waals surface area contributed by atoms with Crippen molar-refractivity contribution in [2.45, 2.75) is 4.90 Å². The van der Waals surface area contributed by atoms with E-state index in [2.05, 4.69) is 0 Å². The maximum atomic E-state index is 11.6. The zero-order chi connectivity index (χ0) is 11.9. The lowest BCUT2D eigenvalue weighted by molar-refractivity contribution is 0.476. The van der Waals surface area contributed by atoms with Crippen LogP contribution in [0.5, 0.6) is 5.75 Å². The molecule has 0 bridgehead atoms. The first-order valence-electron chi connectivity index (χ1n) is 4.61. The van der Waals surface area contributed by atoms with Crippen molar-refractivity contribution in [3.63, 3.8) is 0 Å². The van der Waals surface area contributed by atoms with Gasteiger partial charge in [-0.1, -0.05) is 12.1 Å². The number of aromatic hydroxyl groups is 1. The van der Waals surface area contributed by atoms with E-state index in [-0.39, 0.29) is 16.3 Å². The summed E-state index contributed by atoms with van der Waals surface area (Å²) in [5.74, 6) is 0.0167. The van der Waals surface area contributed by atoms with Gasteiger partial charge in [0.1, 0.15) is 5.75 Å². The van der Waals surface area contributed by atoms with Crippen LogP contribution in [0.25, 0.3) is 10.8 Å². The molecule has 84 valence electrons. The van der Waals surface area contributed by atoms with Gasteiger partial charge >= 0.3 is 0 Å². The van der Waals surface area contributed by atoms with Crippen molar-refractivity contribution in [3.05, 3.63) is 30.3 Å². The summed E-state index contributed by atoms with van der Waals surface area (Å²) in [4.78, 5) is 0.0703. The molecule has 0 saturated carbocycles. The molecule has 0 aliphatic carbocycles. The molecule has 0 saturated heterocycles. The summed E-state index contributed by atoms with van der Waals surface area (Å²) in [5, 5.41) is 10.6. The average molecular weight is 237 g/mol. The molecule has 0 radical (unpaired) electrons. The second kappa shape index (κ2) is 3.38. The maximum absolute atomic E-state index is 11.6. The van der Waals surface area contributed by atoms with Gasteiger partial charge < -0.3 is 10.8 Å². The minimum absolute atomic E-state index is 0.0167. The monoisotopic (exact) mass is 237 g/mol. The van der Waals surface area contributed by atoms with E-state index in [0.29, 0.717) is 5.39 Å². The van der Waals surface area contributed by atoms with Crippen LogP contribution in [-0.4, -0.2) is 19.8 Å². The van der Waals surface area contributed by atoms with E-state index in [1.54, 1.807) is 18.2 Å². The molecule has 3 N–H and O–H groups in total. The van der Waals surface area contributed by atoms with Crippen molar-refractivity contribution in [1.29, 1.82) is 0 Å². The van der Waals surface area contributed by atoms with Crippen LogP contribution < -0.4 is 5.73 Å². The number of sulfone groups is 1. The molecule has 0 amide bonds. The number of nitrogens with two attached hydrogens (primary N) is 1. The molecule has 4 nitrogen and oxygen atoms in total. The number of hydrogen-bond acceptors (Lipinski definition) is 4. The van der Waals surface area contributed by atoms with Gasteiger partial charge in [0.15, 0.2) is 9.84 Å². The fourth-order valence-electron chi connectivity index (χ4n) is 1.71. The quantitative estimate of drug-likeness (QED) is 0.737. The standard InChI is InChI=1S/C11H11NO3S/c1-16(14,15)11-9-6-8(13)4-2-7(9)3-5-10(11)12/h2-6,13H,12H2,1H3. The number of phenolic OH excluding ortho intramolecular Hbond substituents is 1. The van der Waals surface area contributed by atoms with Gasteiger partial charge in [0.2, 0.25) is 0 Å². The van der Waals surface area contributed by atoms with E-state index in [4.69, 9.17) is 5.73 Å². The smallest absolute Gasteiger partial charge is 0.178 e. The van der Waals surface area contributed by atoms with Crippen LogP contribution in [0.3, 0.4) is 0 Å². The van der Waals surface area contributed by atoms with Gasteiger partial charge in [0.05, 0.1) is 10.6 Å². The van der Waals surface area contributed by atoms with Crippen LogP contribution in [0.2, 0.25) is 0 Å². The maximum Gasteiger partial charge on any atom is 0.178 e. The topological polar surface area (TPSA) is 80.4 Å². The van der Waals surface area contributed by atoms with Crippen LogP contribution in [-0.2, 0) is 9.84 Å². The normalized spacial score (nSPS) is 11.8. The fraction of sp³-hybridized carbons (Fsp3) is 0.0909. The molecule has 5 heteroatoms. The highest BCUT2D eigenvalue weighted by Crippen LogP contribution is 2.30. The van der Waals surface area contributed by atoms with E-state index < -0.39 is 9.84 Å². The lowest BCUT2D eigenvalue weighted by Gasteiger charge is -2.08. The highest BCUT2D eigenvalue weighted by atomic mass is 32.2.